The molecule has 0 radical (unpaired) electrons. The van der Waals surface area contributed by atoms with Crippen LogP contribution in [-0.2, 0) is 9.59 Å². The average Bonchev–Trinajstić information content (AvgIpc) is 2.70. The summed E-state index contributed by atoms with van der Waals surface area (Å²) in [6, 6.07) is 5.78. The van der Waals surface area contributed by atoms with Crippen LogP contribution in [0.25, 0.3) is 0 Å². The van der Waals surface area contributed by atoms with Gasteiger partial charge in [-0.2, -0.15) is 0 Å². The van der Waals surface area contributed by atoms with Crippen LogP contribution in [0, 0.1) is 11.8 Å². The van der Waals surface area contributed by atoms with E-state index in [2.05, 4.69) is 10.2 Å². The molecule has 1 aliphatic carbocycles. The molecule has 154 valence electrons. The number of nitrogens with one attached hydrogen (secondary N) is 1. The summed E-state index contributed by atoms with van der Waals surface area (Å²) in [5, 5.41) is 4.21. The maximum Gasteiger partial charge on any atom is 0.225 e. The lowest BCUT2D eigenvalue weighted by atomic mass is 9.84. The van der Waals surface area contributed by atoms with Crippen LogP contribution >= 0.6 is 23.2 Å². The second-order valence-electron chi connectivity index (χ2n) is 8.13. The molecule has 2 fully saturated rings. The minimum absolute atomic E-state index is 0.0164. The maximum atomic E-state index is 13.0. The molecule has 1 aromatic carbocycles. The number of anilines is 1. The van der Waals surface area contributed by atoms with E-state index in [9.17, 15) is 9.59 Å². The van der Waals surface area contributed by atoms with Gasteiger partial charge in [0.2, 0.25) is 11.8 Å². The Morgan fingerprint density at radius 1 is 1.07 bits per heavy atom. The van der Waals surface area contributed by atoms with Crippen LogP contribution in [0.4, 0.5) is 5.69 Å². The first-order valence-electron chi connectivity index (χ1n) is 10.1. The molecule has 1 N–H and O–H groups in total. The van der Waals surface area contributed by atoms with Gasteiger partial charge in [-0.3, -0.25) is 9.59 Å². The van der Waals surface area contributed by atoms with E-state index < -0.39 is 0 Å². The zero-order valence-electron chi connectivity index (χ0n) is 16.6. The summed E-state index contributed by atoms with van der Waals surface area (Å²) in [5.41, 5.74) is 1.04. The Hall–Kier alpha value is -1.46. The monoisotopic (exact) mass is 425 g/mol. The zero-order valence-corrected chi connectivity index (χ0v) is 18.1. The fourth-order valence-corrected chi connectivity index (χ4v) is 4.33. The molecule has 1 aromatic rings. The quantitative estimate of drug-likeness (QED) is 0.793. The van der Waals surface area contributed by atoms with Gasteiger partial charge in [-0.25, -0.2) is 0 Å². The summed E-state index contributed by atoms with van der Waals surface area (Å²) >= 11 is 12.1. The summed E-state index contributed by atoms with van der Waals surface area (Å²) in [6.45, 7) is 6.77. The first-order valence-corrected chi connectivity index (χ1v) is 10.9. The Labute approximate surface area is 177 Å². The highest BCUT2D eigenvalue weighted by atomic mass is 35.5. The van der Waals surface area contributed by atoms with Crippen molar-refractivity contribution in [3.8, 4) is 0 Å². The van der Waals surface area contributed by atoms with Crippen molar-refractivity contribution in [1.29, 1.82) is 0 Å². The van der Waals surface area contributed by atoms with Crippen molar-refractivity contribution in [3.63, 3.8) is 0 Å². The van der Waals surface area contributed by atoms with E-state index in [1.807, 2.05) is 36.9 Å². The molecular weight excluding hydrogens is 397 g/mol. The highest BCUT2D eigenvalue weighted by molar-refractivity contribution is 6.42. The van der Waals surface area contributed by atoms with Gasteiger partial charge in [-0.05, 0) is 37.5 Å². The molecule has 0 spiro atoms. The molecule has 5 nitrogen and oxygen atoms in total. The van der Waals surface area contributed by atoms with Gasteiger partial charge >= 0.3 is 0 Å². The van der Waals surface area contributed by atoms with E-state index in [0.29, 0.717) is 23.1 Å². The number of carbonyl (C=O) groups excluding carboxylic acids is 2. The lowest BCUT2D eigenvalue weighted by molar-refractivity contribution is -0.137. The topological polar surface area (TPSA) is 52.7 Å². The molecule has 0 unspecified atom stereocenters. The van der Waals surface area contributed by atoms with Crippen LogP contribution in [0.1, 0.15) is 39.5 Å². The number of hydrogen-bond donors (Lipinski definition) is 1. The predicted octanol–water partition coefficient (Wildman–Crippen LogP) is 3.97. The van der Waals surface area contributed by atoms with Gasteiger partial charge < -0.3 is 15.1 Å². The Morgan fingerprint density at radius 2 is 1.79 bits per heavy atom. The SMILES string of the molecule is CC(C)C(=O)N[C@@H]1CCC[C@H](C(=O)N2CCN(c3ccc(Cl)c(Cl)c3)CC2)C1. The molecule has 3 rings (SSSR count). The van der Waals surface area contributed by atoms with Crippen LogP contribution in [0.3, 0.4) is 0 Å². The molecule has 2 aliphatic rings. The molecule has 1 saturated heterocycles. The lowest BCUT2D eigenvalue weighted by Gasteiger charge is -2.39. The van der Waals surface area contributed by atoms with Gasteiger partial charge in [-0.1, -0.05) is 43.5 Å². The number of benzene rings is 1. The molecule has 1 heterocycles. The van der Waals surface area contributed by atoms with E-state index >= 15 is 0 Å². The standard InChI is InChI=1S/C21H29Cl2N3O2/c1-14(2)20(27)24-16-5-3-4-15(12-16)21(28)26-10-8-25(9-11-26)17-6-7-18(22)19(23)13-17/h6-7,13-16H,3-5,8-12H2,1-2H3,(H,24,27)/t15-,16+/m0/s1. The highest BCUT2D eigenvalue weighted by Crippen LogP contribution is 2.29. The lowest BCUT2D eigenvalue weighted by Crippen LogP contribution is -2.52. The van der Waals surface area contributed by atoms with Crippen molar-refractivity contribution in [3.05, 3.63) is 28.2 Å². The smallest absolute Gasteiger partial charge is 0.225 e. The van der Waals surface area contributed by atoms with Crippen molar-refractivity contribution < 1.29 is 9.59 Å². The van der Waals surface area contributed by atoms with E-state index in [0.717, 1.165) is 44.5 Å². The van der Waals surface area contributed by atoms with Crippen LogP contribution in [-0.4, -0.2) is 48.9 Å². The molecule has 7 heteroatoms. The number of piperazine rings is 1. The van der Waals surface area contributed by atoms with Crippen LogP contribution in [0.15, 0.2) is 18.2 Å². The summed E-state index contributed by atoms with van der Waals surface area (Å²) in [4.78, 5) is 29.2. The zero-order chi connectivity index (χ0) is 20.3. The number of amides is 2. The minimum Gasteiger partial charge on any atom is -0.368 e. The average molecular weight is 426 g/mol. The second-order valence-corrected chi connectivity index (χ2v) is 8.95. The summed E-state index contributed by atoms with van der Waals surface area (Å²) in [6.07, 6.45) is 3.63. The van der Waals surface area contributed by atoms with Crippen LogP contribution < -0.4 is 10.2 Å². The molecule has 2 amide bonds. The molecule has 1 saturated carbocycles. The van der Waals surface area contributed by atoms with Crippen molar-refractivity contribution in [2.75, 3.05) is 31.1 Å². The third kappa shape index (κ3) is 5.12. The molecule has 2 atom stereocenters. The second kappa shape index (κ2) is 9.36. The summed E-state index contributed by atoms with van der Waals surface area (Å²) in [5.74, 6) is 0.305. The van der Waals surface area contributed by atoms with Crippen LogP contribution in [0.5, 0.6) is 0 Å². The van der Waals surface area contributed by atoms with Gasteiger partial charge in [-0.15, -0.1) is 0 Å². The number of rotatable bonds is 4. The van der Waals surface area contributed by atoms with Crippen molar-refractivity contribution >= 4 is 40.7 Å². The summed E-state index contributed by atoms with van der Waals surface area (Å²) in [7, 11) is 0. The Kier molecular flexibility index (Phi) is 7.10. The van der Waals surface area contributed by atoms with Crippen LogP contribution in [0.2, 0.25) is 10.0 Å². The Balaban J connectivity index is 1.53. The normalized spacial score (nSPS) is 23.0. The number of halogens is 2. The van der Waals surface area contributed by atoms with E-state index in [1.54, 1.807) is 0 Å². The minimum atomic E-state index is -0.0227. The van der Waals surface area contributed by atoms with E-state index in [4.69, 9.17) is 23.2 Å². The fourth-order valence-electron chi connectivity index (χ4n) is 4.04. The van der Waals surface area contributed by atoms with Gasteiger partial charge in [0.25, 0.3) is 0 Å². The summed E-state index contributed by atoms with van der Waals surface area (Å²) < 4.78 is 0. The maximum absolute atomic E-state index is 13.0. The van der Waals surface area contributed by atoms with Crippen molar-refractivity contribution in [2.24, 2.45) is 11.8 Å². The van der Waals surface area contributed by atoms with Gasteiger partial charge in [0.1, 0.15) is 0 Å². The van der Waals surface area contributed by atoms with Gasteiger partial charge in [0.05, 0.1) is 10.0 Å². The van der Waals surface area contributed by atoms with Gasteiger partial charge in [0.15, 0.2) is 0 Å². The number of hydrogen-bond acceptors (Lipinski definition) is 3. The van der Waals surface area contributed by atoms with Crippen molar-refractivity contribution in [2.45, 2.75) is 45.6 Å². The number of carbonyl (C=O) groups is 2. The third-order valence-electron chi connectivity index (χ3n) is 5.75. The first-order chi connectivity index (χ1) is 13.3. The molecule has 1 aliphatic heterocycles. The van der Waals surface area contributed by atoms with Crippen molar-refractivity contribution in [1.82, 2.24) is 10.2 Å². The Morgan fingerprint density at radius 3 is 2.43 bits per heavy atom. The Bertz CT molecular complexity index is 718. The largest absolute Gasteiger partial charge is 0.368 e. The molecular formula is C21H29Cl2N3O2. The first kappa shape index (κ1) is 21.3. The predicted molar refractivity (Wildman–Crippen MR) is 114 cm³/mol. The number of nitrogens with zero attached hydrogens (tertiary/aromatic N) is 2. The molecule has 0 bridgehead atoms. The molecule has 0 aromatic heterocycles. The van der Waals surface area contributed by atoms with E-state index in [-0.39, 0.29) is 29.7 Å². The molecule has 28 heavy (non-hydrogen) atoms. The fraction of sp³-hybridized carbons (Fsp3) is 0.619. The third-order valence-corrected chi connectivity index (χ3v) is 6.49. The van der Waals surface area contributed by atoms with E-state index in [1.165, 1.54) is 0 Å². The van der Waals surface area contributed by atoms with Gasteiger partial charge in [0, 0.05) is 49.7 Å². The highest BCUT2D eigenvalue weighted by Gasteiger charge is 2.32.